The highest BCUT2D eigenvalue weighted by Gasteiger charge is 2.24. The first-order valence-electron chi connectivity index (χ1n) is 10.1. The summed E-state index contributed by atoms with van der Waals surface area (Å²) in [4.78, 5) is 20.4. The zero-order valence-corrected chi connectivity index (χ0v) is 18.4. The number of aromatic nitrogens is 2. The summed E-state index contributed by atoms with van der Waals surface area (Å²) in [5, 5.41) is 2.86. The molecule has 0 aliphatic carbocycles. The SMILES string of the molecule is CC(C)C(=O)N(CCc1csc2nc(-c3ccc(Cl)cc3)cn12)CC1CCCO1. The Hall–Kier alpha value is -1.89. The van der Waals surface area contributed by atoms with E-state index in [0.29, 0.717) is 13.1 Å². The molecule has 154 valence electrons. The Morgan fingerprint density at radius 3 is 2.86 bits per heavy atom. The van der Waals surface area contributed by atoms with E-state index >= 15 is 0 Å². The van der Waals surface area contributed by atoms with Crippen molar-refractivity contribution in [2.75, 3.05) is 19.7 Å². The van der Waals surface area contributed by atoms with Gasteiger partial charge in [-0.15, -0.1) is 11.3 Å². The van der Waals surface area contributed by atoms with Gasteiger partial charge in [0, 0.05) is 59.9 Å². The van der Waals surface area contributed by atoms with Crippen molar-refractivity contribution in [3.05, 3.63) is 46.6 Å². The van der Waals surface area contributed by atoms with Crippen LogP contribution in [0.1, 0.15) is 32.4 Å². The van der Waals surface area contributed by atoms with Gasteiger partial charge in [0.25, 0.3) is 0 Å². The minimum absolute atomic E-state index is 0.0105. The molecule has 0 saturated carbocycles. The van der Waals surface area contributed by atoms with E-state index in [2.05, 4.69) is 16.0 Å². The zero-order chi connectivity index (χ0) is 20.4. The molecule has 1 aliphatic heterocycles. The van der Waals surface area contributed by atoms with Crippen LogP contribution < -0.4 is 0 Å². The fraction of sp³-hybridized carbons (Fsp3) is 0.455. The van der Waals surface area contributed by atoms with Gasteiger partial charge in [-0.3, -0.25) is 9.20 Å². The molecule has 1 aromatic carbocycles. The zero-order valence-electron chi connectivity index (χ0n) is 16.8. The molecule has 1 aliphatic rings. The molecule has 3 heterocycles. The van der Waals surface area contributed by atoms with Crippen LogP contribution in [0.25, 0.3) is 16.2 Å². The number of benzene rings is 1. The molecule has 29 heavy (non-hydrogen) atoms. The molecule has 0 radical (unpaired) electrons. The summed E-state index contributed by atoms with van der Waals surface area (Å²) in [6, 6.07) is 7.73. The summed E-state index contributed by atoms with van der Waals surface area (Å²) < 4.78 is 7.90. The second-order valence-corrected chi connectivity index (χ2v) is 9.11. The Bertz CT molecular complexity index is 974. The summed E-state index contributed by atoms with van der Waals surface area (Å²) in [6.45, 7) is 6.10. The highest BCUT2D eigenvalue weighted by molar-refractivity contribution is 7.15. The number of imidazole rings is 1. The van der Waals surface area contributed by atoms with Gasteiger partial charge >= 0.3 is 0 Å². The lowest BCUT2D eigenvalue weighted by Gasteiger charge is -2.27. The van der Waals surface area contributed by atoms with E-state index < -0.39 is 0 Å². The number of carbonyl (C=O) groups is 1. The molecule has 0 bridgehead atoms. The molecule has 1 fully saturated rings. The lowest BCUT2D eigenvalue weighted by Crippen LogP contribution is -2.41. The van der Waals surface area contributed by atoms with Crippen LogP contribution >= 0.6 is 22.9 Å². The smallest absolute Gasteiger partial charge is 0.225 e. The molecular weight excluding hydrogens is 406 g/mol. The van der Waals surface area contributed by atoms with E-state index in [4.69, 9.17) is 21.3 Å². The Labute approximate surface area is 180 Å². The topological polar surface area (TPSA) is 46.8 Å². The lowest BCUT2D eigenvalue weighted by atomic mass is 10.1. The van der Waals surface area contributed by atoms with Crippen molar-refractivity contribution in [1.29, 1.82) is 0 Å². The number of rotatable bonds is 7. The summed E-state index contributed by atoms with van der Waals surface area (Å²) in [7, 11) is 0. The van der Waals surface area contributed by atoms with Gasteiger partial charge in [0.15, 0.2) is 4.96 Å². The van der Waals surface area contributed by atoms with Crippen molar-refractivity contribution in [3.8, 4) is 11.3 Å². The van der Waals surface area contributed by atoms with Crippen molar-refractivity contribution in [2.45, 2.75) is 39.2 Å². The molecule has 3 aromatic rings. The highest BCUT2D eigenvalue weighted by Crippen LogP contribution is 2.25. The van der Waals surface area contributed by atoms with E-state index in [1.165, 1.54) is 5.69 Å². The lowest BCUT2D eigenvalue weighted by molar-refractivity contribution is -0.136. The molecule has 0 N–H and O–H groups in total. The number of hydrogen-bond donors (Lipinski definition) is 0. The Morgan fingerprint density at radius 2 is 2.17 bits per heavy atom. The largest absolute Gasteiger partial charge is 0.376 e. The maximum atomic E-state index is 12.7. The fourth-order valence-electron chi connectivity index (χ4n) is 3.71. The average Bonchev–Trinajstić information content (AvgIpc) is 3.43. The average molecular weight is 432 g/mol. The first-order chi connectivity index (χ1) is 14.0. The molecule has 1 atom stereocenters. The van der Waals surface area contributed by atoms with E-state index in [9.17, 15) is 4.79 Å². The van der Waals surface area contributed by atoms with Crippen molar-refractivity contribution >= 4 is 33.8 Å². The van der Waals surface area contributed by atoms with Crippen LogP contribution in [0, 0.1) is 5.92 Å². The summed E-state index contributed by atoms with van der Waals surface area (Å²) in [5.74, 6) is 0.183. The number of ether oxygens (including phenoxy) is 1. The molecule has 1 amide bonds. The minimum Gasteiger partial charge on any atom is -0.376 e. The van der Waals surface area contributed by atoms with Gasteiger partial charge in [-0.1, -0.05) is 37.6 Å². The van der Waals surface area contributed by atoms with Gasteiger partial charge in [-0.05, 0) is 25.0 Å². The highest BCUT2D eigenvalue weighted by atomic mass is 35.5. The molecule has 5 nitrogen and oxygen atoms in total. The van der Waals surface area contributed by atoms with Crippen LogP contribution in [0.4, 0.5) is 0 Å². The Balaban J connectivity index is 1.49. The molecule has 0 spiro atoms. The summed E-state index contributed by atoms with van der Waals surface area (Å²) in [5.41, 5.74) is 3.15. The molecule has 4 rings (SSSR count). The predicted molar refractivity (Wildman–Crippen MR) is 118 cm³/mol. The van der Waals surface area contributed by atoms with E-state index in [-0.39, 0.29) is 17.9 Å². The number of nitrogens with zero attached hydrogens (tertiary/aromatic N) is 3. The van der Waals surface area contributed by atoms with Gasteiger partial charge in [-0.25, -0.2) is 4.98 Å². The molecular formula is C22H26ClN3O2S. The standard InChI is InChI=1S/C22H26ClN3O2S/c1-15(2)21(27)25(12-19-4-3-11-28-19)10-9-18-14-29-22-24-20(13-26(18)22)16-5-7-17(23)8-6-16/h5-8,13-15,19H,3-4,9-12H2,1-2H3. The van der Waals surface area contributed by atoms with Crippen LogP contribution in [0.15, 0.2) is 35.8 Å². The molecule has 1 saturated heterocycles. The maximum Gasteiger partial charge on any atom is 0.225 e. The van der Waals surface area contributed by atoms with E-state index in [1.807, 2.05) is 43.0 Å². The fourth-order valence-corrected chi connectivity index (χ4v) is 4.74. The Kier molecular flexibility index (Phi) is 6.23. The van der Waals surface area contributed by atoms with Crippen LogP contribution in [0.3, 0.4) is 0 Å². The van der Waals surface area contributed by atoms with Crippen LogP contribution in [-0.2, 0) is 16.0 Å². The normalized spacial score (nSPS) is 16.8. The third-order valence-electron chi connectivity index (χ3n) is 5.31. The van der Waals surface area contributed by atoms with Gasteiger partial charge in [0.2, 0.25) is 5.91 Å². The third-order valence-corrected chi connectivity index (χ3v) is 6.46. The first-order valence-corrected chi connectivity index (χ1v) is 11.4. The van der Waals surface area contributed by atoms with Crippen molar-refractivity contribution in [3.63, 3.8) is 0 Å². The second-order valence-electron chi connectivity index (χ2n) is 7.84. The van der Waals surface area contributed by atoms with Gasteiger partial charge < -0.3 is 9.64 Å². The van der Waals surface area contributed by atoms with Crippen LogP contribution in [0.2, 0.25) is 5.02 Å². The molecule has 2 aromatic heterocycles. The van der Waals surface area contributed by atoms with E-state index in [0.717, 1.165) is 47.1 Å². The van der Waals surface area contributed by atoms with Crippen LogP contribution in [0.5, 0.6) is 0 Å². The Morgan fingerprint density at radius 1 is 1.38 bits per heavy atom. The van der Waals surface area contributed by atoms with Crippen molar-refractivity contribution in [2.24, 2.45) is 5.92 Å². The number of halogens is 1. The number of thiazole rings is 1. The number of hydrogen-bond acceptors (Lipinski definition) is 4. The predicted octanol–water partition coefficient (Wildman–Crippen LogP) is 4.92. The van der Waals surface area contributed by atoms with Crippen molar-refractivity contribution in [1.82, 2.24) is 14.3 Å². The number of fused-ring (bicyclic) bond motifs is 1. The van der Waals surface area contributed by atoms with E-state index in [1.54, 1.807) is 11.3 Å². The number of amides is 1. The molecule has 7 heteroatoms. The van der Waals surface area contributed by atoms with Crippen LogP contribution in [-0.4, -0.2) is 46.0 Å². The second kappa shape index (κ2) is 8.86. The maximum absolute atomic E-state index is 12.7. The molecule has 1 unspecified atom stereocenters. The quantitative estimate of drug-likeness (QED) is 0.533. The summed E-state index contributed by atoms with van der Waals surface area (Å²) in [6.07, 6.45) is 5.16. The van der Waals surface area contributed by atoms with Gasteiger partial charge in [-0.2, -0.15) is 0 Å². The monoisotopic (exact) mass is 431 g/mol. The summed E-state index contributed by atoms with van der Waals surface area (Å²) >= 11 is 7.63. The first kappa shape index (κ1) is 20.4. The minimum atomic E-state index is -0.0105. The third kappa shape index (κ3) is 4.65. The van der Waals surface area contributed by atoms with Gasteiger partial charge in [0.1, 0.15) is 0 Å². The number of carbonyl (C=O) groups excluding carboxylic acids is 1. The van der Waals surface area contributed by atoms with Crippen molar-refractivity contribution < 1.29 is 9.53 Å². The van der Waals surface area contributed by atoms with Gasteiger partial charge in [0.05, 0.1) is 11.8 Å².